The molecule has 0 saturated carbocycles. The molecule has 0 radical (unpaired) electrons. The van der Waals surface area contributed by atoms with Gasteiger partial charge in [0.25, 0.3) is 0 Å². The number of pyridine rings is 2. The summed E-state index contributed by atoms with van der Waals surface area (Å²) in [5, 5.41) is 0. The zero-order valence-electron chi connectivity index (χ0n) is 12.0. The summed E-state index contributed by atoms with van der Waals surface area (Å²) in [5.74, 6) is 0.415. The Kier molecular flexibility index (Phi) is 4.42. The van der Waals surface area contributed by atoms with Gasteiger partial charge in [-0.3, -0.25) is 9.97 Å². The molecule has 3 heterocycles. The van der Waals surface area contributed by atoms with Crippen LogP contribution in [-0.2, 0) is 13.0 Å². The highest BCUT2D eigenvalue weighted by Gasteiger charge is 2.13. The molecule has 0 N–H and O–H groups in total. The first-order valence-electron chi connectivity index (χ1n) is 7.32. The number of nitrogens with zero attached hydrogens (tertiary/aromatic N) is 3. The van der Waals surface area contributed by atoms with Crippen LogP contribution in [-0.4, -0.2) is 14.5 Å². The molecule has 0 amide bonds. The maximum Gasteiger partial charge on any atom is 0.0438 e. The van der Waals surface area contributed by atoms with E-state index >= 15 is 0 Å². The predicted octanol–water partition coefficient (Wildman–Crippen LogP) is 3.69. The van der Waals surface area contributed by atoms with E-state index in [1.807, 2.05) is 30.7 Å². The van der Waals surface area contributed by atoms with Crippen molar-refractivity contribution in [2.24, 2.45) is 0 Å². The first-order chi connectivity index (χ1) is 10.4. The molecule has 1 unspecified atom stereocenters. The molecule has 3 nitrogen and oxygen atoms in total. The van der Waals surface area contributed by atoms with Crippen molar-refractivity contribution in [1.82, 2.24) is 14.5 Å². The summed E-state index contributed by atoms with van der Waals surface area (Å²) in [7, 11) is 0. The molecule has 0 aromatic carbocycles. The predicted molar refractivity (Wildman–Crippen MR) is 84.0 cm³/mol. The summed E-state index contributed by atoms with van der Waals surface area (Å²) in [5.41, 5.74) is 2.43. The van der Waals surface area contributed by atoms with E-state index in [-0.39, 0.29) is 0 Å². The van der Waals surface area contributed by atoms with Crippen LogP contribution in [0.1, 0.15) is 23.6 Å². The average molecular weight is 277 g/mol. The molecule has 0 spiro atoms. The largest absolute Gasteiger partial charge is 0.354 e. The lowest BCUT2D eigenvalue weighted by molar-refractivity contribution is 0.536. The molecule has 106 valence electrons. The number of aryl methyl sites for hydroxylation is 1. The second-order valence-electron chi connectivity index (χ2n) is 5.23. The number of aromatic nitrogens is 3. The molecule has 0 fully saturated rings. The van der Waals surface area contributed by atoms with E-state index in [1.54, 1.807) is 0 Å². The zero-order chi connectivity index (χ0) is 14.3. The van der Waals surface area contributed by atoms with Gasteiger partial charge in [-0.05, 0) is 48.7 Å². The Hall–Kier alpha value is -2.42. The van der Waals surface area contributed by atoms with Crippen molar-refractivity contribution in [3.05, 3.63) is 84.7 Å². The number of hydrogen-bond donors (Lipinski definition) is 0. The van der Waals surface area contributed by atoms with E-state index in [2.05, 4.69) is 57.3 Å². The second kappa shape index (κ2) is 6.84. The van der Waals surface area contributed by atoms with Gasteiger partial charge in [-0.25, -0.2) is 0 Å². The third-order valence-corrected chi connectivity index (χ3v) is 3.71. The Balaban J connectivity index is 1.74. The normalized spacial score (nSPS) is 12.2. The molecule has 3 heteroatoms. The van der Waals surface area contributed by atoms with Gasteiger partial charge in [-0.15, -0.1) is 0 Å². The van der Waals surface area contributed by atoms with Gasteiger partial charge in [0.15, 0.2) is 0 Å². The van der Waals surface area contributed by atoms with E-state index < -0.39 is 0 Å². The molecule has 3 rings (SSSR count). The fourth-order valence-electron chi connectivity index (χ4n) is 2.60. The van der Waals surface area contributed by atoms with Crippen LogP contribution in [0.5, 0.6) is 0 Å². The van der Waals surface area contributed by atoms with E-state index in [0.29, 0.717) is 5.92 Å². The maximum absolute atomic E-state index is 4.55. The highest BCUT2D eigenvalue weighted by atomic mass is 14.9. The van der Waals surface area contributed by atoms with Crippen molar-refractivity contribution >= 4 is 0 Å². The van der Waals surface area contributed by atoms with Gasteiger partial charge < -0.3 is 4.57 Å². The minimum atomic E-state index is 0.415. The molecule has 1 atom stereocenters. The van der Waals surface area contributed by atoms with E-state index in [9.17, 15) is 0 Å². The number of rotatable bonds is 6. The van der Waals surface area contributed by atoms with Gasteiger partial charge in [0.1, 0.15) is 0 Å². The maximum atomic E-state index is 4.55. The lowest BCUT2D eigenvalue weighted by atomic mass is 9.93. The number of hydrogen-bond acceptors (Lipinski definition) is 2. The smallest absolute Gasteiger partial charge is 0.0438 e. The van der Waals surface area contributed by atoms with Crippen molar-refractivity contribution in [2.75, 3.05) is 0 Å². The molecular weight excluding hydrogens is 258 g/mol. The Bertz CT molecular complexity index is 633. The SMILES string of the molecule is c1ccc(C(CCn2cccc2)Cc2cccnc2)nc1. The van der Waals surface area contributed by atoms with E-state index in [4.69, 9.17) is 0 Å². The molecule has 3 aromatic rings. The van der Waals surface area contributed by atoms with Gasteiger partial charge >= 0.3 is 0 Å². The fraction of sp³-hybridized carbons (Fsp3) is 0.222. The summed E-state index contributed by atoms with van der Waals surface area (Å²) in [6.45, 7) is 1.01. The van der Waals surface area contributed by atoms with Crippen LogP contribution in [0.2, 0.25) is 0 Å². The van der Waals surface area contributed by atoms with Gasteiger partial charge in [0.05, 0.1) is 0 Å². The summed E-state index contributed by atoms with van der Waals surface area (Å²) in [6.07, 6.45) is 11.9. The van der Waals surface area contributed by atoms with Gasteiger partial charge in [0.2, 0.25) is 0 Å². The Morgan fingerprint density at radius 3 is 2.57 bits per heavy atom. The van der Waals surface area contributed by atoms with Crippen molar-refractivity contribution in [3.8, 4) is 0 Å². The van der Waals surface area contributed by atoms with Crippen LogP contribution < -0.4 is 0 Å². The van der Waals surface area contributed by atoms with E-state index in [1.165, 1.54) is 5.56 Å². The Labute approximate surface area is 125 Å². The summed E-state index contributed by atoms with van der Waals surface area (Å²) < 4.78 is 2.22. The van der Waals surface area contributed by atoms with Crippen LogP contribution >= 0.6 is 0 Å². The van der Waals surface area contributed by atoms with Crippen LogP contribution in [0.25, 0.3) is 0 Å². The third-order valence-electron chi connectivity index (χ3n) is 3.71. The van der Waals surface area contributed by atoms with Crippen LogP contribution in [0, 0.1) is 0 Å². The van der Waals surface area contributed by atoms with Gasteiger partial charge in [-0.2, -0.15) is 0 Å². The standard InChI is InChI=1S/C18H19N3/c1-2-10-20-18(7-1)17(8-13-21-11-3-4-12-21)14-16-6-5-9-19-15-16/h1-7,9-12,15,17H,8,13-14H2. The quantitative estimate of drug-likeness (QED) is 0.688. The monoisotopic (exact) mass is 277 g/mol. The highest BCUT2D eigenvalue weighted by Crippen LogP contribution is 2.23. The van der Waals surface area contributed by atoms with E-state index in [0.717, 1.165) is 25.1 Å². The topological polar surface area (TPSA) is 30.7 Å². The molecule has 0 aliphatic carbocycles. The molecule has 3 aromatic heterocycles. The molecule has 21 heavy (non-hydrogen) atoms. The van der Waals surface area contributed by atoms with Crippen LogP contribution in [0.4, 0.5) is 0 Å². The minimum absolute atomic E-state index is 0.415. The Morgan fingerprint density at radius 2 is 1.86 bits per heavy atom. The summed E-state index contributed by atoms with van der Waals surface area (Å²) in [6, 6.07) is 14.4. The molecule has 0 aliphatic rings. The first-order valence-corrected chi connectivity index (χ1v) is 7.32. The van der Waals surface area contributed by atoms with Gasteiger partial charge in [-0.1, -0.05) is 12.1 Å². The van der Waals surface area contributed by atoms with Crippen molar-refractivity contribution < 1.29 is 0 Å². The first kappa shape index (κ1) is 13.6. The lowest BCUT2D eigenvalue weighted by Gasteiger charge is -2.17. The van der Waals surface area contributed by atoms with Gasteiger partial charge in [0, 0.05) is 49.1 Å². The lowest BCUT2D eigenvalue weighted by Crippen LogP contribution is -2.09. The van der Waals surface area contributed by atoms with Crippen LogP contribution in [0.3, 0.4) is 0 Å². The minimum Gasteiger partial charge on any atom is -0.354 e. The van der Waals surface area contributed by atoms with Crippen LogP contribution in [0.15, 0.2) is 73.4 Å². The average Bonchev–Trinajstić information content (AvgIpc) is 3.07. The van der Waals surface area contributed by atoms with Crippen molar-refractivity contribution in [3.63, 3.8) is 0 Å². The zero-order valence-corrected chi connectivity index (χ0v) is 12.0. The van der Waals surface area contributed by atoms with Crippen molar-refractivity contribution in [2.45, 2.75) is 25.3 Å². The molecular formula is C18H19N3. The third kappa shape index (κ3) is 3.78. The summed E-state index contributed by atoms with van der Waals surface area (Å²) >= 11 is 0. The fourth-order valence-corrected chi connectivity index (χ4v) is 2.60. The Morgan fingerprint density at radius 1 is 0.952 bits per heavy atom. The molecule has 0 saturated heterocycles. The highest BCUT2D eigenvalue weighted by molar-refractivity contribution is 5.17. The molecule has 0 aliphatic heterocycles. The second-order valence-corrected chi connectivity index (χ2v) is 5.23. The van der Waals surface area contributed by atoms with Crippen molar-refractivity contribution in [1.29, 1.82) is 0 Å². The summed E-state index contributed by atoms with van der Waals surface area (Å²) in [4.78, 5) is 8.76. The molecule has 0 bridgehead atoms.